The highest BCUT2D eigenvalue weighted by atomic mass is 35.5. The van der Waals surface area contributed by atoms with Gasteiger partial charge >= 0.3 is 5.76 Å². The van der Waals surface area contributed by atoms with Gasteiger partial charge in [0.1, 0.15) is 0 Å². The van der Waals surface area contributed by atoms with Crippen LogP contribution in [0.25, 0.3) is 12.2 Å². The summed E-state index contributed by atoms with van der Waals surface area (Å²) in [6.45, 7) is 2.37. The van der Waals surface area contributed by atoms with Crippen LogP contribution in [0.5, 0.6) is 11.5 Å². The first-order valence-electron chi connectivity index (χ1n) is 8.09. The van der Waals surface area contributed by atoms with Crippen molar-refractivity contribution in [1.29, 1.82) is 0 Å². The Morgan fingerprint density at radius 2 is 2.11 bits per heavy atom. The van der Waals surface area contributed by atoms with Gasteiger partial charge in [0.25, 0.3) is 0 Å². The molecule has 0 amide bonds. The Balaban J connectivity index is 1.77. The molecule has 0 aliphatic rings. The van der Waals surface area contributed by atoms with Crippen molar-refractivity contribution in [3.63, 3.8) is 0 Å². The fraction of sp³-hybridized carbons (Fsp3) is 0.278. The lowest BCUT2D eigenvalue weighted by molar-refractivity contribution is 0.355. The van der Waals surface area contributed by atoms with Gasteiger partial charge in [-0.2, -0.15) is 4.68 Å². The molecule has 9 heteroatoms. The number of halogens is 1. The van der Waals surface area contributed by atoms with E-state index in [0.29, 0.717) is 35.1 Å². The highest BCUT2D eigenvalue weighted by Crippen LogP contribution is 2.37. The second-order valence-electron chi connectivity index (χ2n) is 5.58. The van der Waals surface area contributed by atoms with Crippen molar-refractivity contribution < 1.29 is 13.9 Å². The van der Waals surface area contributed by atoms with Crippen molar-refractivity contribution in [1.82, 2.24) is 14.8 Å². The zero-order valence-electron chi connectivity index (χ0n) is 15.1. The molecule has 0 saturated carbocycles. The number of rotatable bonds is 7. The molecule has 0 fully saturated rings. The lowest BCUT2D eigenvalue weighted by Crippen LogP contribution is -2.17. The van der Waals surface area contributed by atoms with Crippen LogP contribution in [0, 0.1) is 6.92 Å². The molecule has 0 aliphatic carbocycles. The van der Waals surface area contributed by atoms with E-state index >= 15 is 0 Å². The minimum atomic E-state index is -0.504. The Labute approximate surface area is 164 Å². The summed E-state index contributed by atoms with van der Waals surface area (Å²) in [5.41, 5.74) is 3.45. The minimum Gasteiger partial charge on any atom is -0.493 e. The van der Waals surface area contributed by atoms with Crippen LogP contribution < -0.4 is 15.2 Å². The molecule has 0 bridgehead atoms. The maximum absolute atomic E-state index is 12.0. The van der Waals surface area contributed by atoms with Crippen molar-refractivity contribution in [2.75, 3.05) is 14.2 Å². The van der Waals surface area contributed by atoms with E-state index < -0.39 is 5.76 Å². The molecule has 3 aromatic rings. The Morgan fingerprint density at radius 1 is 1.30 bits per heavy atom. The molecule has 7 nitrogen and oxygen atoms in total. The van der Waals surface area contributed by atoms with Gasteiger partial charge in [0.2, 0.25) is 5.89 Å². The number of methoxy groups -OCH3 is 2. The summed E-state index contributed by atoms with van der Waals surface area (Å²) in [5, 5.41) is 4.59. The maximum atomic E-state index is 12.0. The Morgan fingerprint density at radius 3 is 2.78 bits per heavy atom. The van der Waals surface area contributed by atoms with Crippen LogP contribution in [0.15, 0.2) is 26.9 Å². The van der Waals surface area contributed by atoms with Crippen molar-refractivity contribution in [3.05, 3.63) is 55.2 Å². The van der Waals surface area contributed by atoms with E-state index in [-0.39, 0.29) is 5.89 Å². The van der Waals surface area contributed by atoms with Gasteiger partial charge < -0.3 is 13.9 Å². The predicted octanol–water partition coefficient (Wildman–Crippen LogP) is 3.68. The summed E-state index contributed by atoms with van der Waals surface area (Å²) >= 11 is 7.90. The zero-order chi connectivity index (χ0) is 19.4. The van der Waals surface area contributed by atoms with E-state index in [1.807, 2.05) is 6.92 Å². The predicted molar refractivity (Wildman–Crippen MR) is 105 cm³/mol. The monoisotopic (exact) mass is 407 g/mol. The molecule has 0 radical (unpaired) electrons. The molecule has 0 N–H and O–H groups in total. The molecular formula is C18H18ClN3O4S. The molecule has 1 aromatic carbocycles. The molecule has 3 rings (SSSR count). The second-order valence-corrected chi connectivity index (χ2v) is 6.90. The van der Waals surface area contributed by atoms with Crippen LogP contribution in [0.3, 0.4) is 0 Å². The van der Waals surface area contributed by atoms with Gasteiger partial charge in [0.05, 0.1) is 37.0 Å². The normalized spacial score (nSPS) is 11.3. The molecule has 0 aliphatic heterocycles. The minimum absolute atomic E-state index is 0.201. The topological polar surface area (TPSA) is 79.4 Å². The van der Waals surface area contributed by atoms with Gasteiger partial charge in [-0.15, -0.1) is 16.4 Å². The van der Waals surface area contributed by atoms with Gasteiger partial charge in [-0.25, -0.2) is 9.78 Å². The highest BCUT2D eigenvalue weighted by Gasteiger charge is 2.12. The number of hydrogen-bond acceptors (Lipinski definition) is 7. The fourth-order valence-corrected chi connectivity index (χ4v) is 3.57. The number of thiazole rings is 1. The summed E-state index contributed by atoms with van der Waals surface area (Å²) in [7, 11) is 3.06. The summed E-state index contributed by atoms with van der Waals surface area (Å²) < 4.78 is 17.0. The van der Waals surface area contributed by atoms with Gasteiger partial charge in [0, 0.05) is 17.4 Å². The standard InChI is InChI=1S/C18H18ClN3O4S/c1-11-14(27-10-20-11)8-9-22-18(23)26-15(21-22)7-5-12-4-6-13(24-2)17(25-3)16(12)19/h4-7,10H,8-9H2,1-3H3. The number of aromatic nitrogens is 3. The quantitative estimate of drug-likeness (QED) is 0.594. The summed E-state index contributed by atoms with van der Waals surface area (Å²) in [5.74, 6) is 0.671. The Bertz CT molecular complexity index is 1020. The Hall–Kier alpha value is -2.58. The smallest absolute Gasteiger partial charge is 0.437 e. The zero-order valence-corrected chi connectivity index (χ0v) is 16.6. The Kier molecular flexibility index (Phi) is 5.98. The lowest BCUT2D eigenvalue weighted by Gasteiger charge is -2.10. The van der Waals surface area contributed by atoms with Crippen LogP contribution in [-0.4, -0.2) is 29.0 Å². The van der Waals surface area contributed by atoms with Gasteiger partial charge in [-0.1, -0.05) is 11.6 Å². The van der Waals surface area contributed by atoms with Gasteiger partial charge in [-0.05, 0) is 30.7 Å². The third kappa shape index (κ3) is 4.23. The van der Waals surface area contributed by atoms with Crippen LogP contribution >= 0.6 is 22.9 Å². The molecule has 0 atom stereocenters. The summed E-state index contributed by atoms with van der Waals surface area (Å²) in [4.78, 5) is 17.3. The van der Waals surface area contributed by atoms with E-state index in [1.165, 1.54) is 11.8 Å². The van der Waals surface area contributed by atoms with E-state index in [2.05, 4.69) is 10.1 Å². The highest BCUT2D eigenvalue weighted by molar-refractivity contribution is 7.09. The molecule has 27 heavy (non-hydrogen) atoms. The van der Waals surface area contributed by atoms with Crippen molar-refractivity contribution >= 4 is 35.1 Å². The SMILES string of the molecule is COc1ccc(C=Cc2nn(CCc3scnc3C)c(=O)o2)c(Cl)c1OC. The number of aryl methyl sites for hydroxylation is 3. The van der Waals surface area contributed by atoms with E-state index in [0.717, 1.165) is 10.6 Å². The van der Waals surface area contributed by atoms with Crippen molar-refractivity contribution in [2.45, 2.75) is 19.9 Å². The van der Waals surface area contributed by atoms with Crippen LogP contribution in [-0.2, 0) is 13.0 Å². The van der Waals surface area contributed by atoms with Crippen LogP contribution in [0.4, 0.5) is 0 Å². The van der Waals surface area contributed by atoms with Crippen LogP contribution in [0.2, 0.25) is 5.02 Å². The van der Waals surface area contributed by atoms with Crippen LogP contribution in [0.1, 0.15) is 22.0 Å². The van der Waals surface area contributed by atoms with E-state index in [9.17, 15) is 4.79 Å². The molecule has 2 heterocycles. The molecule has 0 spiro atoms. The average molecular weight is 408 g/mol. The number of nitrogens with zero attached hydrogens (tertiary/aromatic N) is 3. The average Bonchev–Trinajstić information content (AvgIpc) is 3.23. The molecule has 0 unspecified atom stereocenters. The number of benzene rings is 1. The molecule has 142 valence electrons. The molecule has 2 aromatic heterocycles. The fourth-order valence-electron chi connectivity index (χ4n) is 2.50. The largest absolute Gasteiger partial charge is 0.493 e. The van der Waals surface area contributed by atoms with Gasteiger partial charge in [0.15, 0.2) is 11.5 Å². The summed E-state index contributed by atoms with van der Waals surface area (Å²) in [6.07, 6.45) is 3.96. The first kappa shape index (κ1) is 19.2. The van der Waals surface area contributed by atoms with Crippen molar-refractivity contribution in [2.24, 2.45) is 0 Å². The molecular weight excluding hydrogens is 390 g/mol. The van der Waals surface area contributed by atoms with E-state index in [4.69, 9.17) is 25.5 Å². The van der Waals surface area contributed by atoms with Crippen molar-refractivity contribution in [3.8, 4) is 11.5 Å². The molecule has 0 saturated heterocycles. The third-order valence-electron chi connectivity index (χ3n) is 3.94. The maximum Gasteiger partial charge on any atom is 0.437 e. The van der Waals surface area contributed by atoms with Gasteiger partial charge in [-0.3, -0.25) is 0 Å². The van der Waals surface area contributed by atoms with E-state index in [1.54, 1.807) is 48.2 Å². The second kappa shape index (κ2) is 8.41. The third-order valence-corrected chi connectivity index (χ3v) is 5.32. The first-order chi connectivity index (χ1) is 13.0. The summed E-state index contributed by atoms with van der Waals surface area (Å²) in [6, 6.07) is 3.53. The lowest BCUT2D eigenvalue weighted by atomic mass is 10.2. The number of ether oxygens (including phenoxy) is 2. The number of hydrogen-bond donors (Lipinski definition) is 0. The first-order valence-corrected chi connectivity index (χ1v) is 9.34.